The summed E-state index contributed by atoms with van der Waals surface area (Å²) in [7, 11) is 0. The lowest BCUT2D eigenvalue weighted by Gasteiger charge is -2.39. The number of carbonyl (C=O) groups excluding carboxylic acids is 1. The van der Waals surface area contributed by atoms with E-state index in [1.807, 2.05) is 48.2 Å². The average molecular weight is 454 g/mol. The Morgan fingerprint density at radius 3 is 2.68 bits per heavy atom. The van der Waals surface area contributed by atoms with E-state index in [4.69, 9.17) is 23.2 Å². The molecule has 0 aliphatic carbocycles. The molecule has 1 aliphatic rings. The molecule has 158 valence electrons. The van der Waals surface area contributed by atoms with Gasteiger partial charge >= 0.3 is 0 Å². The fourth-order valence-electron chi connectivity index (χ4n) is 3.91. The number of hydrogen-bond donors (Lipinski definition) is 0. The van der Waals surface area contributed by atoms with Gasteiger partial charge in [-0.2, -0.15) is 5.26 Å². The third-order valence-electron chi connectivity index (χ3n) is 5.47. The van der Waals surface area contributed by atoms with Crippen LogP contribution in [0.1, 0.15) is 19.8 Å². The van der Waals surface area contributed by atoms with Gasteiger partial charge in [-0.15, -0.1) is 0 Å². The summed E-state index contributed by atoms with van der Waals surface area (Å²) in [6.45, 7) is 3.45. The van der Waals surface area contributed by atoms with Crippen molar-refractivity contribution in [1.29, 1.82) is 5.26 Å². The third-order valence-corrected chi connectivity index (χ3v) is 6.04. The zero-order valence-electron chi connectivity index (χ0n) is 17.1. The number of amides is 1. The number of carbonyl (C=O) groups is 1. The normalized spacial score (nSPS) is 16.4. The van der Waals surface area contributed by atoms with Gasteiger partial charge in [0, 0.05) is 35.5 Å². The van der Waals surface area contributed by atoms with Gasteiger partial charge in [0.05, 0.1) is 23.2 Å². The molecule has 1 saturated heterocycles. The lowest BCUT2D eigenvalue weighted by molar-refractivity contribution is -0.132. The molecule has 2 heterocycles. The molecule has 1 atom stereocenters. The predicted molar refractivity (Wildman–Crippen MR) is 123 cm³/mol. The topological polar surface area (TPSA) is 73.1 Å². The number of benzene rings is 2. The largest absolute Gasteiger partial charge is 0.351 e. The van der Waals surface area contributed by atoms with Crippen LogP contribution < -0.4 is 4.90 Å². The predicted octanol–water partition coefficient (Wildman–Crippen LogP) is 4.94. The van der Waals surface area contributed by atoms with Gasteiger partial charge in [-0.1, -0.05) is 42.3 Å². The Morgan fingerprint density at radius 2 is 1.97 bits per heavy atom. The van der Waals surface area contributed by atoms with Crippen molar-refractivity contribution in [3.63, 3.8) is 0 Å². The Hall–Kier alpha value is -2.88. The molecule has 0 saturated carbocycles. The number of halogens is 2. The second kappa shape index (κ2) is 9.09. The highest BCUT2D eigenvalue weighted by Gasteiger charge is 2.31. The molecule has 0 N–H and O–H groups in total. The quantitative estimate of drug-likeness (QED) is 0.558. The van der Waals surface area contributed by atoms with E-state index in [0.717, 1.165) is 34.3 Å². The number of anilines is 1. The first-order chi connectivity index (χ1) is 15.0. The lowest BCUT2D eigenvalue weighted by atomic mass is 10.0. The molecular formula is C23H21Cl2N5O. The van der Waals surface area contributed by atoms with Gasteiger partial charge in [0.2, 0.25) is 5.91 Å². The Kier molecular flexibility index (Phi) is 6.26. The summed E-state index contributed by atoms with van der Waals surface area (Å²) in [4.78, 5) is 25.0. The van der Waals surface area contributed by atoms with Crippen LogP contribution in [0.25, 0.3) is 22.0 Å². The van der Waals surface area contributed by atoms with Crippen molar-refractivity contribution in [1.82, 2.24) is 14.9 Å². The van der Waals surface area contributed by atoms with E-state index in [2.05, 4.69) is 16.0 Å². The third kappa shape index (κ3) is 4.30. The molecule has 1 fully saturated rings. The highest BCUT2D eigenvalue weighted by Crippen LogP contribution is 2.35. The monoisotopic (exact) mass is 453 g/mol. The van der Waals surface area contributed by atoms with Gasteiger partial charge in [0.15, 0.2) is 0 Å². The number of nitrogens with zero attached hydrogens (tertiary/aromatic N) is 5. The number of fused-ring (bicyclic) bond motifs is 1. The summed E-state index contributed by atoms with van der Waals surface area (Å²) in [6, 6.07) is 13.1. The van der Waals surface area contributed by atoms with Crippen molar-refractivity contribution in [3.05, 3.63) is 52.8 Å². The number of aromatic nitrogens is 2. The highest BCUT2D eigenvalue weighted by molar-refractivity contribution is 6.34. The molecule has 1 unspecified atom stereocenters. The van der Waals surface area contributed by atoms with Crippen molar-refractivity contribution >= 4 is 45.8 Å². The Labute approximate surface area is 191 Å². The molecule has 1 aliphatic heterocycles. The summed E-state index contributed by atoms with van der Waals surface area (Å²) in [5.41, 5.74) is 2.53. The van der Waals surface area contributed by atoms with Crippen molar-refractivity contribution in [2.75, 3.05) is 24.5 Å². The zero-order valence-corrected chi connectivity index (χ0v) is 18.6. The molecule has 0 bridgehead atoms. The maximum absolute atomic E-state index is 12.4. The molecule has 6 nitrogen and oxygen atoms in total. The van der Waals surface area contributed by atoms with Gasteiger partial charge in [0.25, 0.3) is 0 Å². The molecule has 0 radical (unpaired) electrons. The van der Waals surface area contributed by atoms with Crippen molar-refractivity contribution < 1.29 is 4.79 Å². The minimum absolute atomic E-state index is 0.0260. The van der Waals surface area contributed by atoms with Crippen LogP contribution in [-0.2, 0) is 4.79 Å². The molecule has 8 heteroatoms. The van der Waals surface area contributed by atoms with Gasteiger partial charge in [-0.05, 0) is 36.2 Å². The van der Waals surface area contributed by atoms with Crippen LogP contribution in [0.5, 0.6) is 0 Å². The standard InChI is InChI=1S/C23H21Cl2N5O/c1-2-3-22(31)30-9-8-29(13-17(30)12-26)23-19-10-18(15-4-6-16(24)7-5-15)20(25)11-21(19)27-14-28-23/h4-7,10-11,14,17H,2-3,8-9,13H2,1H3. The van der Waals surface area contributed by atoms with Gasteiger partial charge < -0.3 is 9.80 Å². The lowest BCUT2D eigenvalue weighted by Crippen LogP contribution is -2.55. The Morgan fingerprint density at radius 1 is 1.19 bits per heavy atom. The van der Waals surface area contributed by atoms with E-state index >= 15 is 0 Å². The molecule has 2 aromatic carbocycles. The minimum atomic E-state index is -0.513. The zero-order chi connectivity index (χ0) is 22.0. The molecule has 31 heavy (non-hydrogen) atoms. The first-order valence-electron chi connectivity index (χ1n) is 10.2. The summed E-state index contributed by atoms with van der Waals surface area (Å²) < 4.78 is 0. The van der Waals surface area contributed by atoms with Crippen molar-refractivity contribution in [2.45, 2.75) is 25.8 Å². The second-order valence-electron chi connectivity index (χ2n) is 7.48. The van der Waals surface area contributed by atoms with E-state index in [-0.39, 0.29) is 5.91 Å². The van der Waals surface area contributed by atoms with Gasteiger partial charge in [-0.3, -0.25) is 4.79 Å². The fraction of sp³-hybridized carbons (Fsp3) is 0.304. The van der Waals surface area contributed by atoms with E-state index in [1.54, 1.807) is 4.90 Å². The van der Waals surface area contributed by atoms with Crippen LogP contribution in [0, 0.1) is 11.3 Å². The molecule has 1 aromatic heterocycles. The summed E-state index contributed by atoms with van der Waals surface area (Å²) >= 11 is 12.6. The minimum Gasteiger partial charge on any atom is -0.351 e. The van der Waals surface area contributed by atoms with Crippen molar-refractivity contribution in [2.24, 2.45) is 0 Å². The first kappa shape index (κ1) is 21.4. The maximum atomic E-state index is 12.4. The summed E-state index contributed by atoms with van der Waals surface area (Å²) in [5.74, 6) is 0.762. The summed E-state index contributed by atoms with van der Waals surface area (Å²) in [5, 5.41) is 11.8. The Bertz CT molecular complexity index is 1160. The first-order valence-corrected chi connectivity index (χ1v) is 10.9. The molecule has 0 spiro atoms. The molecule has 3 aromatic rings. The Balaban J connectivity index is 1.71. The summed E-state index contributed by atoms with van der Waals surface area (Å²) in [6.07, 6.45) is 2.73. The van der Waals surface area contributed by atoms with Crippen LogP contribution in [0.15, 0.2) is 42.7 Å². The number of piperazine rings is 1. The van der Waals surface area contributed by atoms with Crippen LogP contribution >= 0.6 is 23.2 Å². The van der Waals surface area contributed by atoms with Gasteiger partial charge in [0.1, 0.15) is 18.2 Å². The number of hydrogen-bond acceptors (Lipinski definition) is 5. The molecular weight excluding hydrogens is 433 g/mol. The number of rotatable bonds is 4. The highest BCUT2D eigenvalue weighted by atomic mass is 35.5. The van der Waals surface area contributed by atoms with Crippen LogP contribution in [0.4, 0.5) is 5.82 Å². The average Bonchev–Trinajstić information content (AvgIpc) is 2.78. The van der Waals surface area contributed by atoms with Crippen molar-refractivity contribution in [3.8, 4) is 17.2 Å². The molecule has 4 rings (SSSR count). The second-order valence-corrected chi connectivity index (χ2v) is 8.33. The van der Waals surface area contributed by atoms with Crippen LogP contribution in [-0.4, -0.2) is 46.5 Å². The van der Waals surface area contributed by atoms with Crippen LogP contribution in [0.2, 0.25) is 10.0 Å². The maximum Gasteiger partial charge on any atom is 0.223 e. The number of nitriles is 1. The van der Waals surface area contributed by atoms with E-state index in [1.165, 1.54) is 6.33 Å². The van der Waals surface area contributed by atoms with Gasteiger partial charge in [-0.25, -0.2) is 9.97 Å². The van der Waals surface area contributed by atoms with E-state index in [9.17, 15) is 10.1 Å². The SMILES string of the molecule is CCCC(=O)N1CCN(c2ncnc3cc(Cl)c(-c4ccc(Cl)cc4)cc23)CC1C#N. The van der Waals surface area contributed by atoms with Crippen LogP contribution in [0.3, 0.4) is 0 Å². The molecule has 1 amide bonds. The van der Waals surface area contributed by atoms with E-state index in [0.29, 0.717) is 36.1 Å². The smallest absolute Gasteiger partial charge is 0.223 e. The van der Waals surface area contributed by atoms with E-state index < -0.39 is 6.04 Å². The fourth-order valence-corrected chi connectivity index (χ4v) is 4.30.